The summed E-state index contributed by atoms with van der Waals surface area (Å²) in [6.07, 6.45) is 15.1. The van der Waals surface area contributed by atoms with Crippen LogP contribution in [0.4, 0.5) is 0 Å². The summed E-state index contributed by atoms with van der Waals surface area (Å²) in [5, 5.41) is 0.108. The molecule has 1 unspecified atom stereocenters. The lowest BCUT2D eigenvalue weighted by atomic mass is 10.2. The molecule has 1 atom stereocenters. The Balaban J connectivity index is 5.86. The molecular weight excluding hydrogens is 444 g/mol. The van der Waals surface area contributed by atoms with Gasteiger partial charge >= 0.3 is 5.97 Å². The van der Waals surface area contributed by atoms with E-state index in [0.29, 0.717) is 12.2 Å². The summed E-state index contributed by atoms with van der Waals surface area (Å²) in [6.45, 7) is 24.4. The first-order valence-corrected chi connectivity index (χ1v) is 18.3. The van der Waals surface area contributed by atoms with Crippen LogP contribution in [0.1, 0.15) is 80.6 Å². The number of hydrogen-bond acceptors (Lipinski definition) is 4. The van der Waals surface area contributed by atoms with Gasteiger partial charge in [-0.15, -0.1) is 0 Å². The third-order valence-corrected chi connectivity index (χ3v) is 15.8. The van der Waals surface area contributed by atoms with E-state index in [4.69, 9.17) is 13.6 Å². The monoisotopic (exact) mass is 496 g/mol. The summed E-state index contributed by atoms with van der Waals surface area (Å²) in [6, 6.07) is 0. The second-order valence-corrected chi connectivity index (χ2v) is 21.4. The molecule has 0 heterocycles. The third-order valence-electron chi connectivity index (χ3n) is 6.87. The van der Waals surface area contributed by atoms with E-state index < -0.39 is 22.6 Å². The third kappa shape index (κ3) is 12.2. The first-order chi connectivity index (χ1) is 15.0. The zero-order valence-electron chi connectivity index (χ0n) is 23.6. The number of unbranched alkanes of at least 4 members (excludes halogenated alkanes) is 3. The Hall–Kier alpha value is -1.12. The summed E-state index contributed by atoms with van der Waals surface area (Å²) in [5.41, 5.74) is 0. The molecule has 0 radical (unpaired) electrons. The number of allylic oxidation sites excluding steroid dienone is 3. The molecule has 0 aromatic heterocycles. The van der Waals surface area contributed by atoms with Crippen molar-refractivity contribution in [1.29, 1.82) is 0 Å². The van der Waals surface area contributed by atoms with Gasteiger partial charge in [-0.3, -0.25) is 0 Å². The van der Waals surface area contributed by atoms with Crippen molar-refractivity contribution in [3.05, 3.63) is 36.1 Å². The summed E-state index contributed by atoms with van der Waals surface area (Å²) >= 11 is 0. The average Bonchev–Trinajstić information content (AvgIpc) is 2.64. The van der Waals surface area contributed by atoms with Gasteiger partial charge in [0, 0.05) is 6.42 Å². The minimum Gasteiger partial charge on any atom is -0.546 e. The van der Waals surface area contributed by atoms with E-state index in [-0.39, 0.29) is 16.2 Å². The lowest BCUT2D eigenvalue weighted by Crippen LogP contribution is -2.44. The summed E-state index contributed by atoms with van der Waals surface area (Å²) < 4.78 is 18.2. The maximum Gasteiger partial charge on any atom is 0.333 e. The second-order valence-electron chi connectivity index (χ2n) is 11.9. The van der Waals surface area contributed by atoms with Crippen molar-refractivity contribution >= 4 is 22.6 Å². The van der Waals surface area contributed by atoms with Gasteiger partial charge in [-0.25, -0.2) is 4.79 Å². The van der Waals surface area contributed by atoms with Crippen LogP contribution in [-0.2, 0) is 18.4 Å². The van der Waals surface area contributed by atoms with Gasteiger partial charge in [0.1, 0.15) is 0 Å². The number of esters is 1. The molecule has 6 heteroatoms. The SMILES string of the molecule is CCCCC/C=C/C=C/C(C/C(=C/C(=O)OC)O[Si](C)(C)C(C)(C)C)O[Si](C)(C)C(C)(C)C. The van der Waals surface area contributed by atoms with Crippen LogP contribution in [0.3, 0.4) is 0 Å². The molecule has 0 saturated heterocycles. The van der Waals surface area contributed by atoms with Crippen LogP contribution in [0.5, 0.6) is 0 Å². The van der Waals surface area contributed by atoms with Gasteiger partial charge in [-0.1, -0.05) is 85.6 Å². The first-order valence-electron chi connectivity index (χ1n) is 12.5. The Labute approximate surface area is 207 Å². The Kier molecular flexibility index (Phi) is 13.2. The lowest BCUT2D eigenvalue weighted by molar-refractivity contribution is -0.135. The van der Waals surface area contributed by atoms with E-state index in [0.717, 1.165) is 6.42 Å². The number of carbonyl (C=O) groups is 1. The van der Waals surface area contributed by atoms with Gasteiger partial charge in [0.2, 0.25) is 8.32 Å². The Morgan fingerprint density at radius 2 is 1.48 bits per heavy atom. The van der Waals surface area contributed by atoms with Gasteiger partial charge in [0.25, 0.3) is 0 Å². The van der Waals surface area contributed by atoms with E-state index in [9.17, 15) is 4.79 Å². The number of carbonyl (C=O) groups excluding carboxylic acids is 1. The molecule has 4 nitrogen and oxygen atoms in total. The fourth-order valence-electron chi connectivity index (χ4n) is 2.58. The van der Waals surface area contributed by atoms with E-state index in [1.165, 1.54) is 32.4 Å². The molecule has 0 spiro atoms. The van der Waals surface area contributed by atoms with Crippen molar-refractivity contribution in [3.63, 3.8) is 0 Å². The van der Waals surface area contributed by atoms with Gasteiger partial charge in [-0.2, -0.15) is 0 Å². The molecule has 0 aliphatic heterocycles. The lowest BCUT2D eigenvalue weighted by Gasteiger charge is -2.40. The van der Waals surface area contributed by atoms with Crippen LogP contribution in [0.15, 0.2) is 36.1 Å². The van der Waals surface area contributed by atoms with E-state index in [1.54, 1.807) is 0 Å². The summed E-state index contributed by atoms with van der Waals surface area (Å²) in [7, 11) is -2.75. The average molecular weight is 497 g/mol. The van der Waals surface area contributed by atoms with E-state index in [1.807, 2.05) is 0 Å². The molecule has 0 N–H and O–H groups in total. The van der Waals surface area contributed by atoms with Gasteiger partial charge in [0.05, 0.1) is 25.0 Å². The quantitative estimate of drug-likeness (QED) is 0.0640. The summed E-state index contributed by atoms with van der Waals surface area (Å²) in [4.78, 5) is 12.1. The normalized spacial score (nSPS) is 15.3. The van der Waals surface area contributed by atoms with Crippen LogP contribution in [0, 0.1) is 0 Å². The Morgan fingerprint density at radius 3 is 1.97 bits per heavy atom. The van der Waals surface area contributed by atoms with Crippen LogP contribution in [0.25, 0.3) is 0 Å². The van der Waals surface area contributed by atoms with Crippen molar-refractivity contribution in [3.8, 4) is 0 Å². The highest BCUT2D eigenvalue weighted by atomic mass is 28.4. The zero-order valence-corrected chi connectivity index (χ0v) is 25.6. The number of ether oxygens (including phenoxy) is 1. The fraction of sp³-hybridized carbons (Fsp3) is 0.741. The van der Waals surface area contributed by atoms with Crippen LogP contribution in [0.2, 0.25) is 36.3 Å². The molecule has 0 amide bonds. The van der Waals surface area contributed by atoms with Gasteiger partial charge < -0.3 is 13.6 Å². The topological polar surface area (TPSA) is 44.8 Å². The minimum atomic E-state index is -2.12. The molecule has 0 aromatic rings. The van der Waals surface area contributed by atoms with Crippen molar-refractivity contribution < 1.29 is 18.4 Å². The molecule has 33 heavy (non-hydrogen) atoms. The van der Waals surface area contributed by atoms with Crippen molar-refractivity contribution in [2.24, 2.45) is 0 Å². The van der Waals surface area contributed by atoms with E-state index >= 15 is 0 Å². The van der Waals surface area contributed by atoms with Crippen LogP contribution >= 0.6 is 0 Å². The number of rotatable bonds is 13. The highest BCUT2D eigenvalue weighted by molar-refractivity contribution is 6.74. The first kappa shape index (κ1) is 31.9. The fourth-order valence-corrected chi connectivity index (χ4v) is 4.96. The summed E-state index contributed by atoms with van der Waals surface area (Å²) in [5.74, 6) is 0.253. The molecule has 0 saturated carbocycles. The van der Waals surface area contributed by atoms with Crippen molar-refractivity contribution in [2.45, 2.75) is 123 Å². The van der Waals surface area contributed by atoms with Gasteiger partial charge in [0.15, 0.2) is 8.32 Å². The molecule has 0 bridgehead atoms. The molecular formula is C27H52O4Si2. The van der Waals surface area contributed by atoms with Crippen LogP contribution in [-0.4, -0.2) is 35.8 Å². The molecule has 0 aromatic carbocycles. The Morgan fingerprint density at radius 1 is 0.909 bits per heavy atom. The number of methoxy groups -OCH3 is 1. The highest BCUT2D eigenvalue weighted by Gasteiger charge is 2.41. The molecule has 0 aliphatic rings. The minimum absolute atomic E-state index is 0.0229. The maximum atomic E-state index is 12.1. The molecule has 192 valence electrons. The molecule has 0 fully saturated rings. The maximum absolute atomic E-state index is 12.1. The molecule has 0 rings (SSSR count). The van der Waals surface area contributed by atoms with Crippen molar-refractivity contribution in [2.75, 3.05) is 7.11 Å². The highest BCUT2D eigenvalue weighted by Crippen LogP contribution is 2.40. The predicted molar refractivity (Wildman–Crippen MR) is 147 cm³/mol. The van der Waals surface area contributed by atoms with Crippen LogP contribution < -0.4 is 0 Å². The molecule has 0 aliphatic carbocycles. The van der Waals surface area contributed by atoms with Gasteiger partial charge in [-0.05, 0) is 49.1 Å². The largest absolute Gasteiger partial charge is 0.546 e. The predicted octanol–water partition coefficient (Wildman–Crippen LogP) is 8.54. The van der Waals surface area contributed by atoms with Crippen molar-refractivity contribution in [1.82, 2.24) is 0 Å². The standard InChI is InChI=1S/C27H52O4Si2/c1-13-14-15-16-17-18-19-20-23(30-32(9,10)26(2,3)4)21-24(22-25(28)29-8)31-33(11,12)27(5,6)7/h17-20,22-23H,13-16,21H2,1-12H3/b18-17+,20-19+,24-22-. The smallest absolute Gasteiger partial charge is 0.333 e. The second kappa shape index (κ2) is 13.7. The number of hydrogen-bond donors (Lipinski definition) is 0. The Bertz CT molecular complexity index is 677. The zero-order chi connectivity index (χ0) is 25.9. The van der Waals surface area contributed by atoms with E-state index in [2.05, 4.69) is 99.0 Å².